The van der Waals surface area contributed by atoms with Crippen LogP contribution >= 0.6 is 0 Å². The third kappa shape index (κ3) is 4.47. The van der Waals surface area contributed by atoms with Crippen molar-refractivity contribution in [2.45, 2.75) is 58.5 Å². The van der Waals surface area contributed by atoms with Crippen LogP contribution in [0.1, 0.15) is 52.4 Å². The Balaban J connectivity index is 2.50. The molecule has 20 heavy (non-hydrogen) atoms. The molecule has 3 N–H and O–H groups in total. The molecule has 1 fully saturated rings. The minimum absolute atomic E-state index is 0.178. The summed E-state index contributed by atoms with van der Waals surface area (Å²) in [6, 6.07) is 0. The van der Waals surface area contributed by atoms with Crippen LogP contribution in [0.2, 0.25) is 0 Å². The zero-order valence-electron chi connectivity index (χ0n) is 12.5. The number of carbonyl (C=O) groups excluding carboxylic acids is 1. The van der Waals surface area contributed by atoms with E-state index in [2.05, 4.69) is 5.32 Å². The lowest BCUT2D eigenvalue weighted by Gasteiger charge is -2.28. The number of carboxylic acid groups (broad SMARTS) is 1. The van der Waals surface area contributed by atoms with Crippen molar-refractivity contribution in [1.29, 1.82) is 0 Å². The maximum atomic E-state index is 12.1. The Hall–Kier alpha value is -1.10. The van der Waals surface area contributed by atoms with E-state index in [1.54, 1.807) is 0 Å². The smallest absolute Gasteiger partial charge is 0.307 e. The molecule has 0 aliphatic heterocycles. The number of rotatable bonds is 7. The Morgan fingerprint density at radius 2 is 1.70 bits per heavy atom. The number of carboxylic acids is 1. The van der Waals surface area contributed by atoms with Crippen LogP contribution in [0.5, 0.6) is 0 Å². The molecule has 0 spiro atoms. The molecule has 0 aromatic heterocycles. The van der Waals surface area contributed by atoms with Gasteiger partial charge in [-0.2, -0.15) is 0 Å². The van der Waals surface area contributed by atoms with Gasteiger partial charge in [0.1, 0.15) is 0 Å². The lowest BCUT2D eigenvalue weighted by atomic mass is 9.78. The molecule has 1 rings (SSSR count). The highest BCUT2D eigenvalue weighted by molar-refractivity contribution is 5.84. The van der Waals surface area contributed by atoms with Crippen molar-refractivity contribution in [1.82, 2.24) is 5.32 Å². The molecule has 1 saturated carbocycles. The molecule has 3 atom stereocenters. The predicted molar refractivity (Wildman–Crippen MR) is 76.2 cm³/mol. The number of amides is 1. The quantitative estimate of drug-likeness (QED) is 0.665. The van der Waals surface area contributed by atoms with Gasteiger partial charge < -0.3 is 15.5 Å². The van der Waals surface area contributed by atoms with Crippen molar-refractivity contribution < 1.29 is 19.8 Å². The van der Waals surface area contributed by atoms with Crippen LogP contribution in [0.25, 0.3) is 0 Å². The fraction of sp³-hybridized carbons (Fsp3) is 0.867. The molecule has 1 aliphatic rings. The molecule has 0 saturated heterocycles. The van der Waals surface area contributed by atoms with Crippen molar-refractivity contribution in [3.05, 3.63) is 0 Å². The number of hydrogen-bond acceptors (Lipinski definition) is 3. The van der Waals surface area contributed by atoms with E-state index in [-0.39, 0.29) is 18.4 Å². The van der Waals surface area contributed by atoms with E-state index in [4.69, 9.17) is 5.11 Å². The van der Waals surface area contributed by atoms with Crippen LogP contribution in [0, 0.1) is 17.8 Å². The van der Waals surface area contributed by atoms with E-state index < -0.39 is 23.9 Å². The monoisotopic (exact) mass is 285 g/mol. The van der Waals surface area contributed by atoms with Gasteiger partial charge in [-0.25, -0.2) is 0 Å². The van der Waals surface area contributed by atoms with Crippen LogP contribution in [0.3, 0.4) is 0 Å². The normalized spacial score (nSPS) is 24.4. The van der Waals surface area contributed by atoms with E-state index in [1.807, 2.05) is 13.8 Å². The van der Waals surface area contributed by atoms with Gasteiger partial charge in [0.25, 0.3) is 0 Å². The van der Waals surface area contributed by atoms with Crippen molar-refractivity contribution in [3.8, 4) is 0 Å². The zero-order chi connectivity index (χ0) is 15.1. The highest BCUT2D eigenvalue weighted by Crippen LogP contribution is 2.30. The summed E-state index contributed by atoms with van der Waals surface area (Å²) >= 11 is 0. The van der Waals surface area contributed by atoms with Gasteiger partial charge >= 0.3 is 5.97 Å². The highest BCUT2D eigenvalue weighted by atomic mass is 16.4. The molecule has 116 valence electrons. The minimum Gasteiger partial charge on any atom is -0.481 e. The molecule has 1 aliphatic carbocycles. The first-order chi connectivity index (χ1) is 9.51. The highest BCUT2D eigenvalue weighted by Gasteiger charge is 2.35. The van der Waals surface area contributed by atoms with Gasteiger partial charge in [0.05, 0.1) is 17.9 Å². The van der Waals surface area contributed by atoms with Gasteiger partial charge in [0, 0.05) is 6.54 Å². The Morgan fingerprint density at radius 3 is 2.20 bits per heavy atom. The SMILES string of the molecule is CCC(CC)C(O)CNC(=O)[C@@H]1CCCC[C@@H]1C(=O)O. The van der Waals surface area contributed by atoms with E-state index >= 15 is 0 Å². The fourth-order valence-electron chi connectivity index (χ4n) is 3.08. The fourth-order valence-corrected chi connectivity index (χ4v) is 3.08. The third-order valence-electron chi connectivity index (χ3n) is 4.50. The molecule has 0 aromatic rings. The summed E-state index contributed by atoms with van der Waals surface area (Å²) in [6.07, 6.45) is 4.16. The molecule has 1 unspecified atom stereocenters. The summed E-state index contributed by atoms with van der Waals surface area (Å²) in [5.74, 6) is -1.95. The van der Waals surface area contributed by atoms with Crippen molar-refractivity contribution >= 4 is 11.9 Å². The lowest BCUT2D eigenvalue weighted by molar-refractivity contribution is -0.149. The Morgan fingerprint density at radius 1 is 1.15 bits per heavy atom. The van der Waals surface area contributed by atoms with Gasteiger partial charge in [0.2, 0.25) is 5.91 Å². The largest absolute Gasteiger partial charge is 0.481 e. The first-order valence-electron chi connectivity index (χ1n) is 7.69. The van der Waals surface area contributed by atoms with E-state index in [0.29, 0.717) is 12.8 Å². The van der Waals surface area contributed by atoms with E-state index in [1.165, 1.54) is 0 Å². The summed E-state index contributed by atoms with van der Waals surface area (Å²) < 4.78 is 0. The summed E-state index contributed by atoms with van der Waals surface area (Å²) in [4.78, 5) is 23.3. The maximum absolute atomic E-state index is 12.1. The van der Waals surface area contributed by atoms with Crippen LogP contribution in [0.4, 0.5) is 0 Å². The molecule has 5 heteroatoms. The van der Waals surface area contributed by atoms with Crippen LogP contribution in [-0.4, -0.2) is 34.7 Å². The summed E-state index contributed by atoms with van der Waals surface area (Å²) in [5, 5.41) is 21.9. The number of nitrogens with one attached hydrogen (secondary N) is 1. The average molecular weight is 285 g/mol. The second-order valence-electron chi connectivity index (χ2n) is 5.72. The number of aliphatic hydroxyl groups excluding tert-OH is 1. The maximum Gasteiger partial charge on any atom is 0.307 e. The van der Waals surface area contributed by atoms with Gasteiger partial charge in [-0.3, -0.25) is 9.59 Å². The standard InChI is InChI=1S/C15H27NO4/c1-3-10(4-2)13(17)9-16-14(18)11-7-5-6-8-12(11)15(19)20/h10-13,17H,3-9H2,1-2H3,(H,16,18)(H,19,20)/t11-,12+,13?/m1/s1. The Kier molecular flexibility index (Phi) is 6.99. The van der Waals surface area contributed by atoms with Gasteiger partial charge in [-0.05, 0) is 18.8 Å². The summed E-state index contributed by atoms with van der Waals surface area (Å²) in [7, 11) is 0. The lowest BCUT2D eigenvalue weighted by Crippen LogP contribution is -2.43. The second-order valence-corrected chi connectivity index (χ2v) is 5.72. The number of carbonyl (C=O) groups is 2. The number of aliphatic carboxylic acids is 1. The van der Waals surface area contributed by atoms with Gasteiger partial charge in [-0.1, -0.05) is 39.5 Å². The molecule has 0 radical (unpaired) electrons. The first-order valence-corrected chi connectivity index (χ1v) is 7.69. The van der Waals surface area contributed by atoms with Gasteiger partial charge in [-0.15, -0.1) is 0 Å². The molecular formula is C15H27NO4. The van der Waals surface area contributed by atoms with Crippen LogP contribution < -0.4 is 5.32 Å². The molecule has 0 heterocycles. The average Bonchev–Trinajstić information content (AvgIpc) is 2.46. The minimum atomic E-state index is -0.884. The third-order valence-corrected chi connectivity index (χ3v) is 4.50. The molecule has 5 nitrogen and oxygen atoms in total. The number of hydrogen-bond donors (Lipinski definition) is 3. The summed E-state index contributed by atoms with van der Waals surface area (Å²) in [5.41, 5.74) is 0. The first kappa shape index (κ1) is 17.0. The van der Waals surface area contributed by atoms with Crippen molar-refractivity contribution in [3.63, 3.8) is 0 Å². The zero-order valence-corrected chi connectivity index (χ0v) is 12.5. The Bertz CT molecular complexity index is 328. The second kappa shape index (κ2) is 8.25. The molecule has 0 bridgehead atoms. The van der Waals surface area contributed by atoms with Crippen molar-refractivity contribution in [2.75, 3.05) is 6.54 Å². The van der Waals surface area contributed by atoms with Crippen LogP contribution in [-0.2, 0) is 9.59 Å². The summed E-state index contributed by atoms with van der Waals surface area (Å²) in [6.45, 7) is 4.25. The van der Waals surface area contributed by atoms with E-state index in [9.17, 15) is 14.7 Å². The van der Waals surface area contributed by atoms with E-state index in [0.717, 1.165) is 25.7 Å². The molecule has 1 amide bonds. The Labute approximate surface area is 120 Å². The van der Waals surface area contributed by atoms with Crippen LogP contribution in [0.15, 0.2) is 0 Å². The molecule has 0 aromatic carbocycles. The van der Waals surface area contributed by atoms with Crippen molar-refractivity contribution in [2.24, 2.45) is 17.8 Å². The molecular weight excluding hydrogens is 258 g/mol. The predicted octanol–water partition coefficient (Wildman–Crippen LogP) is 1.79. The topological polar surface area (TPSA) is 86.6 Å². The van der Waals surface area contributed by atoms with Gasteiger partial charge in [0.15, 0.2) is 0 Å². The number of aliphatic hydroxyl groups is 1.